The molecule has 1 aromatic carbocycles. The quantitative estimate of drug-likeness (QED) is 0.769. The number of nitrogens with zero attached hydrogens (tertiary/aromatic N) is 3. The van der Waals surface area contributed by atoms with Gasteiger partial charge in [-0.1, -0.05) is 12.1 Å². The van der Waals surface area contributed by atoms with Crippen molar-refractivity contribution < 1.29 is 13.3 Å². The molecule has 0 aliphatic carbocycles. The van der Waals surface area contributed by atoms with Gasteiger partial charge in [0.15, 0.2) is 0 Å². The van der Waals surface area contributed by atoms with Crippen LogP contribution in [0.3, 0.4) is 0 Å². The average molecular weight is 376 g/mol. The van der Waals surface area contributed by atoms with Crippen molar-refractivity contribution in [3.05, 3.63) is 30.6 Å². The molecule has 2 bridgehead atoms. The standard InChI is InChI=1S/C19H29N3O3Si/c1-15-11-21-12-16(2)24-26(23-15,25-17(3)13-21)10-6-9-22-14-20-18-7-4-5-8-19(18)22/h4-5,7-8,14-17H,6,9-13H2,1-3H3. The lowest BCUT2D eigenvalue weighted by molar-refractivity contribution is -0.0791. The van der Waals surface area contributed by atoms with E-state index in [-0.39, 0.29) is 18.3 Å². The molecule has 26 heavy (non-hydrogen) atoms. The van der Waals surface area contributed by atoms with Gasteiger partial charge in [0.05, 0.1) is 35.7 Å². The van der Waals surface area contributed by atoms with Gasteiger partial charge in [-0.2, -0.15) is 0 Å². The van der Waals surface area contributed by atoms with Gasteiger partial charge in [-0.3, -0.25) is 4.90 Å². The molecule has 3 fully saturated rings. The normalized spacial score (nSPS) is 35.2. The Balaban J connectivity index is 1.48. The second-order valence-electron chi connectivity index (χ2n) is 7.72. The number of aryl methyl sites for hydroxylation is 1. The largest absolute Gasteiger partial charge is 0.501 e. The number of benzene rings is 1. The Hall–Kier alpha value is -1.25. The Morgan fingerprint density at radius 2 is 1.62 bits per heavy atom. The fourth-order valence-corrected chi connectivity index (χ4v) is 7.43. The van der Waals surface area contributed by atoms with Gasteiger partial charge >= 0.3 is 8.80 Å². The Bertz CT molecular complexity index is 716. The maximum absolute atomic E-state index is 6.43. The van der Waals surface area contributed by atoms with E-state index in [1.54, 1.807) is 0 Å². The van der Waals surface area contributed by atoms with Crippen LogP contribution < -0.4 is 0 Å². The highest BCUT2D eigenvalue weighted by molar-refractivity contribution is 6.60. The third-order valence-corrected chi connectivity index (χ3v) is 8.35. The van der Waals surface area contributed by atoms with E-state index in [0.717, 1.165) is 44.2 Å². The van der Waals surface area contributed by atoms with Gasteiger partial charge in [-0.15, -0.1) is 0 Å². The van der Waals surface area contributed by atoms with Crippen molar-refractivity contribution in [1.29, 1.82) is 0 Å². The van der Waals surface area contributed by atoms with Crippen LogP contribution in [0.25, 0.3) is 11.0 Å². The first-order valence-corrected chi connectivity index (χ1v) is 11.6. The second-order valence-corrected chi connectivity index (χ2v) is 10.3. The molecule has 3 aliphatic rings. The van der Waals surface area contributed by atoms with Crippen LogP contribution in [0.1, 0.15) is 27.2 Å². The molecule has 7 heteroatoms. The van der Waals surface area contributed by atoms with Crippen molar-refractivity contribution in [2.45, 2.75) is 58.1 Å². The van der Waals surface area contributed by atoms with E-state index in [1.165, 1.54) is 5.52 Å². The number of aromatic nitrogens is 2. The van der Waals surface area contributed by atoms with Gasteiger partial charge in [-0.05, 0) is 39.3 Å². The molecule has 2 aromatic rings. The molecule has 0 amide bonds. The highest BCUT2D eigenvalue weighted by Crippen LogP contribution is 2.29. The molecule has 6 nitrogen and oxygen atoms in total. The lowest BCUT2D eigenvalue weighted by Crippen LogP contribution is -2.61. The number of rotatable bonds is 4. The van der Waals surface area contributed by atoms with Gasteiger partial charge in [-0.25, -0.2) is 4.98 Å². The highest BCUT2D eigenvalue weighted by Gasteiger charge is 2.48. The molecule has 0 radical (unpaired) electrons. The SMILES string of the molecule is CC1CN2CC(C)O[Si](CCCn3cnc4ccccc43)(O1)OC(C)C2. The minimum absolute atomic E-state index is 0.149. The van der Waals surface area contributed by atoms with Gasteiger partial charge < -0.3 is 17.8 Å². The van der Waals surface area contributed by atoms with E-state index in [1.807, 2.05) is 12.4 Å². The van der Waals surface area contributed by atoms with Gasteiger partial charge in [0.1, 0.15) is 0 Å². The second kappa shape index (κ2) is 7.40. The molecule has 1 aromatic heterocycles. The predicted molar refractivity (Wildman–Crippen MR) is 103 cm³/mol. The molecular formula is C19H29N3O3Si. The van der Waals surface area contributed by atoms with E-state index in [0.29, 0.717) is 0 Å². The number of fused-ring (bicyclic) bond motifs is 7. The topological polar surface area (TPSA) is 48.8 Å². The van der Waals surface area contributed by atoms with E-state index in [2.05, 4.69) is 53.4 Å². The van der Waals surface area contributed by atoms with Crippen molar-refractivity contribution in [3.63, 3.8) is 0 Å². The minimum atomic E-state index is -2.68. The fraction of sp³-hybridized carbons (Fsp3) is 0.632. The molecule has 4 heterocycles. The minimum Gasteiger partial charge on any atom is -0.369 e. The number of hydrogen-bond donors (Lipinski definition) is 0. The molecule has 3 atom stereocenters. The summed E-state index contributed by atoms with van der Waals surface area (Å²) in [5, 5.41) is 0. The molecule has 5 rings (SSSR count). The Labute approximate surface area is 156 Å². The summed E-state index contributed by atoms with van der Waals surface area (Å²) in [6.45, 7) is 10.2. The lowest BCUT2D eigenvalue weighted by Gasteiger charge is -2.45. The summed E-state index contributed by atoms with van der Waals surface area (Å²) in [6, 6.07) is 9.10. The van der Waals surface area contributed by atoms with E-state index in [9.17, 15) is 0 Å². The average Bonchev–Trinajstić information content (AvgIpc) is 2.95. The first-order valence-electron chi connectivity index (χ1n) is 9.69. The van der Waals surface area contributed by atoms with Crippen LogP contribution in [-0.4, -0.2) is 61.2 Å². The molecular weight excluding hydrogens is 346 g/mol. The molecule has 3 aliphatic heterocycles. The van der Waals surface area contributed by atoms with Crippen molar-refractivity contribution in [1.82, 2.24) is 14.5 Å². The highest BCUT2D eigenvalue weighted by atomic mass is 28.4. The summed E-state index contributed by atoms with van der Waals surface area (Å²) in [4.78, 5) is 6.88. The third-order valence-electron chi connectivity index (χ3n) is 5.10. The van der Waals surface area contributed by atoms with Crippen LogP contribution >= 0.6 is 0 Å². The summed E-state index contributed by atoms with van der Waals surface area (Å²) >= 11 is 0. The maximum Gasteiger partial charge on any atom is 0.501 e. The summed E-state index contributed by atoms with van der Waals surface area (Å²) in [5.74, 6) is 0. The van der Waals surface area contributed by atoms with Gasteiger partial charge in [0.2, 0.25) is 0 Å². The molecule has 3 unspecified atom stereocenters. The smallest absolute Gasteiger partial charge is 0.369 e. The van der Waals surface area contributed by atoms with E-state index < -0.39 is 8.80 Å². The fourth-order valence-electron chi connectivity index (χ4n) is 4.26. The monoisotopic (exact) mass is 375 g/mol. The van der Waals surface area contributed by atoms with Crippen molar-refractivity contribution in [2.24, 2.45) is 0 Å². The Morgan fingerprint density at radius 1 is 1.00 bits per heavy atom. The molecule has 0 spiro atoms. The number of para-hydroxylation sites is 2. The molecule has 142 valence electrons. The summed E-state index contributed by atoms with van der Waals surface area (Å²) in [7, 11) is -2.68. The van der Waals surface area contributed by atoms with Crippen LogP contribution in [0.5, 0.6) is 0 Å². The first-order chi connectivity index (χ1) is 12.5. The lowest BCUT2D eigenvalue weighted by atomic mass is 10.2. The molecule has 0 saturated carbocycles. The van der Waals surface area contributed by atoms with Crippen molar-refractivity contribution in [2.75, 3.05) is 19.6 Å². The van der Waals surface area contributed by atoms with Crippen LogP contribution in [0.4, 0.5) is 0 Å². The zero-order chi connectivity index (χ0) is 18.1. The first kappa shape index (κ1) is 18.1. The number of imidazole rings is 1. The van der Waals surface area contributed by atoms with Crippen LogP contribution in [0, 0.1) is 0 Å². The Kier molecular flexibility index (Phi) is 5.16. The zero-order valence-electron chi connectivity index (χ0n) is 15.9. The van der Waals surface area contributed by atoms with Gasteiger partial charge in [0, 0.05) is 32.2 Å². The van der Waals surface area contributed by atoms with Crippen LogP contribution in [0.2, 0.25) is 6.04 Å². The summed E-state index contributed by atoms with van der Waals surface area (Å²) in [5.41, 5.74) is 2.22. The summed E-state index contributed by atoms with van der Waals surface area (Å²) in [6.07, 6.45) is 3.33. The van der Waals surface area contributed by atoms with Gasteiger partial charge in [0.25, 0.3) is 0 Å². The van der Waals surface area contributed by atoms with Crippen molar-refractivity contribution in [3.8, 4) is 0 Å². The summed E-state index contributed by atoms with van der Waals surface area (Å²) < 4.78 is 21.5. The van der Waals surface area contributed by atoms with E-state index >= 15 is 0 Å². The molecule has 3 saturated heterocycles. The van der Waals surface area contributed by atoms with E-state index in [4.69, 9.17) is 13.3 Å². The molecule has 0 N–H and O–H groups in total. The predicted octanol–water partition coefficient (Wildman–Crippen LogP) is 2.91. The number of hydrogen-bond acceptors (Lipinski definition) is 5. The van der Waals surface area contributed by atoms with Crippen LogP contribution in [-0.2, 0) is 19.8 Å². The van der Waals surface area contributed by atoms with Crippen molar-refractivity contribution >= 4 is 19.8 Å². The Morgan fingerprint density at radius 3 is 2.27 bits per heavy atom. The maximum atomic E-state index is 6.43. The zero-order valence-corrected chi connectivity index (χ0v) is 16.9. The third kappa shape index (κ3) is 3.87. The van der Waals surface area contributed by atoms with Crippen LogP contribution in [0.15, 0.2) is 30.6 Å².